The van der Waals surface area contributed by atoms with Crippen LogP contribution in [0, 0.1) is 0 Å². The maximum absolute atomic E-state index is 6.11. The lowest BCUT2D eigenvalue weighted by molar-refractivity contribution is 0.0342. The standard InChI is InChI=1S/C20H25ClN4O2/c1-26-19-7-6-17(12-18(19)21)24-20(22)23-13-15-2-4-16(5-3-15)14-25-8-10-27-11-9-25/h2-7,12H,8-11,13-14H2,1H3,(H3,22,23,24). The number of rotatable bonds is 6. The summed E-state index contributed by atoms with van der Waals surface area (Å²) in [5, 5.41) is 3.56. The minimum Gasteiger partial charge on any atom is -0.495 e. The molecule has 1 heterocycles. The second-order valence-corrected chi connectivity index (χ2v) is 6.79. The van der Waals surface area contributed by atoms with E-state index in [9.17, 15) is 0 Å². The third-order valence-corrected chi connectivity index (χ3v) is 4.68. The molecule has 7 heteroatoms. The number of aliphatic imine (C=N–C) groups is 1. The third kappa shape index (κ3) is 5.85. The highest BCUT2D eigenvalue weighted by molar-refractivity contribution is 6.32. The number of halogens is 1. The lowest BCUT2D eigenvalue weighted by atomic mass is 10.1. The fourth-order valence-electron chi connectivity index (χ4n) is 2.88. The van der Waals surface area contributed by atoms with Gasteiger partial charge in [-0.3, -0.25) is 4.90 Å². The number of anilines is 1. The van der Waals surface area contributed by atoms with Gasteiger partial charge in [0.25, 0.3) is 0 Å². The molecule has 0 amide bonds. The Morgan fingerprint density at radius 1 is 1.19 bits per heavy atom. The van der Waals surface area contributed by atoms with Gasteiger partial charge in [0.05, 0.1) is 31.9 Å². The number of ether oxygens (including phenoxy) is 2. The predicted octanol–water partition coefficient (Wildman–Crippen LogP) is 3.11. The molecule has 1 fully saturated rings. The van der Waals surface area contributed by atoms with Gasteiger partial charge in [0.15, 0.2) is 5.96 Å². The van der Waals surface area contributed by atoms with Gasteiger partial charge in [0.2, 0.25) is 0 Å². The normalized spacial score (nSPS) is 15.6. The molecule has 6 nitrogen and oxygen atoms in total. The summed E-state index contributed by atoms with van der Waals surface area (Å²) in [6.45, 7) is 5.08. The Morgan fingerprint density at radius 2 is 1.89 bits per heavy atom. The number of methoxy groups -OCH3 is 1. The molecule has 0 atom stereocenters. The average molecular weight is 389 g/mol. The van der Waals surface area contributed by atoms with Crippen molar-refractivity contribution in [1.29, 1.82) is 0 Å². The number of nitrogens with two attached hydrogens (primary N) is 1. The molecule has 0 saturated carbocycles. The van der Waals surface area contributed by atoms with Crippen LogP contribution in [0.25, 0.3) is 0 Å². The summed E-state index contributed by atoms with van der Waals surface area (Å²) in [5.74, 6) is 0.962. The molecule has 1 aliphatic heterocycles. The monoisotopic (exact) mass is 388 g/mol. The van der Waals surface area contributed by atoms with E-state index in [0.29, 0.717) is 23.3 Å². The van der Waals surface area contributed by atoms with Crippen LogP contribution >= 0.6 is 11.6 Å². The van der Waals surface area contributed by atoms with E-state index in [1.807, 2.05) is 6.07 Å². The fraction of sp³-hybridized carbons (Fsp3) is 0.350. The molecular weight excluding hydrogens is 364 g/mol. The molecule has 1 aliphatic rings. The minimum absolute atomic E-state index is 0.341. The maximum Gasteiger partial charge on any atom is 0.193 e. The second-order valence-electron chi connectivity index (χ2n) is 6.38. The Bertz CT molecular complexity index is 774. The summed E-state index contributed by atoms with van der Waals surface area (Å²) in [5.41, 5.74) is 9.14. The van der Waals surface area contributed by atoms with Crippen LogP contribution in [0.15, 0.2) is 47.5 Å². The summed E-state index contributed by atoms with van der Waals surface area (Å²) >= 11 is 6.11. The van der Waals surface area contributed by atoms with Crippen molar-refractivity contribution < 1.29 is 9.47 Å². The third-order valence-electron chi connectivity index (χ3n) is 4.39. The van der Waals surface area contributed by atoms with Crippen LogP contribution in [0.4, 0.5) is 5.69 Å². The average Bonchev–Trinajstić information content (AvgIpc) is 2.68. The van der Waals surface area contributed by atoms with Gasteiger partial charge >= 0.3 is 0 Å². The summed E-state index contributed by atoms with van der Waals surface area (Å²) < 4.78 is 10.5. The zero-order valence-electron chi connectivity index (χ0n) is 15.5. The largest absolute Gasteiger partial charge is 0.495 e. The molecule has 27 heavy (non-hydrogen) atoms. The second kappa shape index (κ2) is 9.60. The molecule has 0 bridgehead atoms. The molecule has 3 N–H and O–H groups in total. The minimum atomic E-state index is 0.341. The topological polar surface area (TPSA) is 72.1 Å². The maximum atomic E-state index is 6.11. The first-order valence-electron chi connectivity index (χ1n) is 8.92. The fourth-order valence-corrected chi connectivity index (χ4v) is 3.13. The molecule has 0 spiro atoms. The molecule has 3 rings (SSSR count). The highest BCUT2D eigenvalue weighted by atomic mass is 35.5. The van der Waals surface area contributed by atoms with Crippen molar-refractivity contribution >= 4 is 23.2 Å². The van der Waals surface area contributed by atoms with Crippen molar-refractivity contribution in [1.82, 2.24) is 4.90 Å². The van der Waals surface area contributed by atoms with Gasteiger partial charge in [-0.1, -0.05) is 35.9 Å². The van der Waals surface area contributed by atoms with Crippen LogP contribution in [0.1, 0.15) is 11.1 Å². The summed E-state index contributed by atoms with van der Waals surface area (Å²) in [6.07, 6.45) is 0. The van der Waals surface area contributed by atoms with Gasteiger partial charge in [-0.05, 0) is 29.3 Å². The number of nitrogens with one attached hydrogen (secondary N) is 1. The first-order chi connectivity index (χ1) is 13.1. The molecule has 2 aromatic carbocycles. The molecule has 0 unspecified atom stereocenters. The number of benzene rings is 2. The van der Waals surface area contributed by atoms with E-state index in [1.54, 1.807) is 19.2 Å². The van der Waals surface area contributed by atoms with E-state index in [0.717, 1.165) is 44.1 Å². The van der Waals surface area contributed by atoms with Crippen LogP contribution in [-0.4, -0.2) is 44.3 Å². The van der Waals surface area contributed by atoms with Gasteiger partial charge in [0, 0.05) is 25.3 Å². The zero-order chi connectivity index (χ0) is 19.1. The van der Waals surface area contributed by atoms with Crippen LogP contribution in [0.3, 0.4) is 0 Å². The molecule has 144 valence electrons. The van der Waals surface area contributed by atoms with Crippen LogP contribution in [0.2, 0.25) is 5.02 Å². The Morgan fingerprint density at radius 3 is 2.56 bits per heavy atom. The summed E-state index contributed by atoms with van der Waals surface area (Å²) in [4.78, 5) is 6.79. The summed E-state index contributed by atoms with van der Waals surface area (Å²) in [7, 11) is 1.58. The van der Waals surface area contributed by atoms with Crippen molar-refractivity contribution in [2.45, 2.75) is 13.1 Å². The number of guanidine groups is 1. The van der Waals surface area contributed by atoms with E-state index in [4.69, 9.17) is 26.8 Å². The highest BCUT2D eigenvalue weighted by Gasteiger charge is 2.10. The van der Waals surface area contributed by atoms with Crippen LogP contribution in [-0.2, 0) is 17.8 Å². The lowest BCUT2D eigenvalue weighted by Crippen LogP contribution is -2.35. The van der Waals surface area contributed by atoms with Gasteiger partial charge in [-0.25, -0.2) is 4.99 Å². The Labute approximate surface area is 164 Å². The highest BCUT2D eigenvalue weighted by Crippen LogP contribution is 2.27. The predicted molar refractivity (Wildman–Crippen MR) is 109 cm³/mol. The van der Waals surface area contributed by atoms with Gasteiger partial charge < -0.3 is 20.5 Å². The molecule has 2 aromatic rings. The van der Waals surface area contributed by atoms with Crippen molar-refractivity contribution in [3.05, 3.63) is 58.6 Å². The first kappa shape index (κ1) is 19.5. The van der Waals surface area contributed by atoms with Gasteiger partial charge in [-0.2, -0.15) is 0 Å². The van der Waals surface area contributed by atoms with E-state index in [1.165, 1.54) is 5.56 Å². The van der Waals surface area contributed by atoms with E-state index in [2.05, 4.69) is 39.5 Å². The SMILES string of the molecule is COc1ccc(NC(N)=NCc2ccc(CN3CCOCC3)cc2)cc1Cl. The Balaban J connectivity index is 1.52. The quantitative estimate of drug-likeness (QED) is 0.587. The lowest BCUT2D eigenvalue weighted by Gasteiger charge is -2.26. The van der Waals surface area contributed by atoms with E-state index < -0.39 is 0 Å². The number of hydrogen-bond acceptors (Lipinski definition) is 4. The smallest absolute Gasteiger partial charge is 0.193 e. The van der Waals surface area contributed by atoms with Crippen molar-refractivity contribution in [2.75, 3.05) is 38.7 Å². The number of hydrogen-bond donors (Lipinski definition) is 2. The summed E-state index contributed by atoms with van der Waals surface area (Å²) in [6, 6.07) is 13.9. The molecule has 0 aliphatic carbocycles. The Kier molecular flexibility index (Phi) is 6.92. The van der Waals surface area contributed by atoms with Gasteiger partial charge in [-0.15, -0.1) is 0 Å². The van der Waals surface area contributed by atoms with Crippen molar-refractivity contribution in [3.8, 4) is 5.75 Å². The number of morpholine rings is 1. The van der Waals surface area contributed by atoms with Gasteiger partial charge in [0.1, 0.15) is 5.75 Å². The van der Waals surface area contributed by atoms with Crippen molar-refractivity contribution in [2.24, 2.45) is 10.7 Å². The molecule has 1 saturated heterocycles. The van der Waals surface area contributed by atoms with E-state index >= 15 is 0 Å². The van der Waals surface area contributed by atoms with Crippen molar-refractivity contribution in [3.63, 3.8) is 0 Å². The van der Waals surface area contributed by atoms with Crippen LogP contribution < -0.4 is 15.8 Å². The first-order valence-corrected chi connectivity index (χ1v) is 9.30. The number of nitrogens with zero attached hydrogens (tertiary/aromatic N) is 2. The molecular formula is C20H25ClN4O2. The zero-order valence-corrected chi connectivity index (χ0v) is 16.2. The Hall–Kier alpha value is -2.28. The molecule has 0 aromatic heterocycles. The van der Waals surface area contributed by atoms with E-state index in [-0.39, 0.29) is 0 Å². The molecule has 0 radical (unpaired) electrons. The van der Waals surface area contributed by atoms with Crippen LogP contribution in [0.5, 0.6) is 5.75 Å².